The lowest BCUT2D eigenvalue weighted by Crippen LogP contribution is -2.40. The Morgan fingerprint density at radius 3 is 2.90 bits per heavy atom. The maximum atomic E-state index is 12.7. The van der Waals surface area contributed by atoms with Crippen LogP contribution >= 0.6 is 0 Å². The van der Waals surface area contributed by atoms with E-state index in [1.807, 2.05) is 30.3 Å². The van der Waals surface area contributed by atoms with Gasteiger partial charge in [-0.1, -0.05) is 60.7 Å². The smallest absolute Gasteiger partial charge is 0.331 e. The van der Waals surface area contributed by atoms with Crippen LogP contribution in [0, 0.1) is 11.8 Å². The van der Waals surface area contributed by atoms with Crippen molar-refractivity contribution in [2.45, 2.75) is 32.2 Å². The van der Waals surface area contributed by atoms with Gasteiger partial charge >= 0.3 is 5.97 Å². The van der Waals surface area contributed by atoms with Gasteiger partial charge in [-0.3, -0.25) is 0 Å². The summed E-state index contributed by atoms with van der Waals surface area (Å²) in [5.74, 6) is 0.919. The Labute approximate surface area is 229 Å². The summed E-state index contributed by atoms with van der Waals surface area (Å²) in [7, 11) is 0. The highest BCUT2D eigenvalue weighted by atomic mass is 16.5. The molecule has 0 amide bonds. The molecule has 6 rings (SSSR count). The second-order valence-electron chi connectivity index (χ2n) is 10.5. The number of allylic oxidation sites excluding steroid dienone is 4. The Kier molecular flexibility index (Phi) is 7.29. The fourth-order valence-corrected chi connectivity index (χ4v) is 6.48. The first-order valence-electron chi connectivity index (χ1n) is 13.9. The van der Waals surface area contributed by atoms with E-state index in [4.69, 9.17) is 14.2 Å². The van der Waals surface area contributed by atoms with Crippen LogP contribution in [-0.4, -0.2) is 55.0 Å². The Morgan fingerprint density at radius 1 is 1.13 bits per heavy atom. The Balaban J connectivity index is 1.27. The van der Waals surface area contributed by atoms with E-state index in [0.717, 1.165) is 34.3 Å². The summed E-state index contributed by atoms with van der Waals surface area (Å²) in [4.78, 5) is 15.1. The molecule has 3 heterocycles. The van der Waals surface area contributed by atoms with Gasteiger partial charge in [-0.25, -0.2) is 4.79 Å². The largest absolute Gasteiger partial charge is 0.494 e. The van der Waals surface area contributed by atoms with Crippen LogP contribution in [0.5, 0.6) is 5.75 Å². The lowest BCUT2D eigenvalue weighted by atomic mass is 9.75. The summed E-state index contributed by atoms with van der Waals surface area (Å²) in [5.41, 5.74) is 4.12. The molecular formula is C33H35NO5. The first-order valence-corrected chi connectivity index (χ1v) is 13.9. The molecule has 202 valence electrons. The molecule has 1 N–H and O–H groups in total. The third-order valence-electron chi connectivity index (χ3n) is 8.29. The van der Waals surface area contributed by atoms with E-state index in [-0.39, 0.29) is 17.9 Å². The molecule has 1 aliphatic carbocycles. The van der Waals surface area contributed by atoms with Crippen LogP contribution in [0.2, 0.25) is 0 Å². The predicted molar refractivity (Wildman–Crippen MR) is 151 cm³/mol. The van der Waals surface area contributed by atoms with Crippen LogP contribution in [0.1, 0.15) is 26.2 Å². The van der Waals surface area contributed by atoms with Crippen molar-refractivity contribution in [2.24, 2.45) is 11.8 Å². The lowest BCUT2D eigenvalue weighted by molar-refractivity contribution is -0.133. The molecule has 2 aromatic carbocycles. The molecular weight excluding hydrogens is 490 g/mol. The molecule has 0 radical (unpaired) electrons. The lowest BCUT2D eigenvalue weighted by Gasteiger charge is -2.37. The monoisotopic (exact) mass is 525 g/mol. The molecule has 39 heavy (non-hydrogen) atoms. The number of hydrogen-bond acceptors (Lipinski definition) is 5. The standard InChI is InChI=1S/C33H35NO5/c1-22-30-20-24-21-34(22)32-27(11-5-12-28(30)32)26(29(33(35)36)14-6-16-37-18-19-38-24)13-7-17-39-31-15-4-9-23-8-2-3-10-25(23)31/h2-5,8-12,14-15,20,26,28,32H,6-7,13,16-19,21H2,1H3,(H,35,36)/b29-14-. The number of rotatable bonds is 6. The number of aliphatic carboxylic acids is 1. The van der Waals surface area contributed by atoms with Crippen molar-refractivity contribution in [1.82, 2.24) is 4.90 Å². The van der Waals surface area contributed by atoms with Crippen molar-refractivity contribution < 1.29 is 24.1 Å². The molecule has 0 fully saturated rings. The van der Waals surface area contributed by atoms with E-state index < -0.39 is 5.97 Å². The van der Waals surface area contributed by atoms with Crippen LogP contribution in [0.3, 0.4) is 0 Å². The molecule has 0 saturated carbocycles. The quantitative estimate of drug-likeness (QED) is 0.465. The van der Waals surface area contributed by atoms with Gasteiger partial charge in [0.25, 0.3) is 0 Å². The van der Waals surface area contributed by atoms with Crippen LogP contribution < -0.4 is 4.74 Å². The maximum absolute atomic E-state index is 12.7. The summed E-state index contributed by atoms with van der Waals surface area (Å²) < 4.78 is 18.1. The van der Waals surface area contributed by atoms with E-state index >= 15 is 0 Å². The zero-order chi connectivity index (χ0) is 26.8. The number of carboxylic acids is 1. The number of carboxylic acid groups (broad SMARTS) is 1. The Hall–Kier alpha value is -3.77. The third kappa shape index (κ3) is 5.01. The van der Waals surface area contributed by atoms with Gasteiger partial charge in [-0.05, 0) is 54.9 Å². The van der Waals surface area contributed by atoms with Gasteiger partial charge in [0.15, 0.2) is 0 Å². The van der Waals surface area contributed by atoms with Crippen molar-refractivity contribution in [3.63, 3.8) is 0 Å². The summed E-state index contributed by atoms with van der Waals surface area (Å²) in [6, 6.07) is 14.4. The van der Waals surface area contributed by atoms with Crippen molar-refractivity contribution >= 4 is 16.7 Å². The van der Waals surface area contributed by atoms with Gasteiger partial charge in [0, 0.05) is 28.5 Å². The van der Waals surface area contributed by atoms with Crippen LogP contribution in [-0.2, 0) is 14.3 Å². The van der Waals surface area contributed by atoms with E-state index in [1.165, 1.54) is 11.3 Å². The topological polar surface area (TPSA) is 68.2 Å². The van der Waals surface area contributed by atoms with Crippen LogP contribution in [0.4, 0.5) is 0 Å². The maximum Gasteiger partial charge on any atom is 0.331 e. The molecule has 4 aliphatic rings. The second-order valence-corrected chi connectivity index (χ2v) is 10.5. The van der Waals surface area contributed by atoms with E-state index in [0.29, 0.717) is 51.4 Å². The zero-order valence-electron chi connectivity index (χ0n) is 22.3. The molecule has 0 spiro atoms. The number of hydrogen-bond donors (Lipinski definition) is 1. The van der Waals surface area contributed by atoms with Crippen molar-refractivity contribution in [3.05, 3.63) is 101 Å². The average molecular weight is 526 g/mol. The van der Waals surface area contributed by atoms with E-state index in [9.17, 15) is 9.90 Å². The number of nitrogens with zero attached hydrogens (tertiary/aromatic N) is 1. The first kappa shape index (κ1) is 25.5. The Morgan fingerprint density at radius 2 is 2.00 bits per heavy atom. The fraction of sp³-hybridized carbons (Fsp3) is 0.364. The summed E-state index contributed by atoms with van der Waals surface area (Å²) >= 11 is 0. The van der Waals surface area contributed by atoms with Crippen molar-refractivity contribution in [3.8, 4) is 5.75 Å². The SMILES string of the molecule is CC1=C2C=C3CN1C1C(=CC=CC21)C(CCCOc1cccc2ccccc12)/C(C(=O)O)=C/CCOCCO3. The van der Waals surface area contributed by atoms with E-state index in [2.05, 4.69) is 54.3 Å². The molecule has 0 saturated heterocycles. The first-order chi connectivity index (χ1) is 19.1. The minimum atomic E-state index is -0.861. The molecule has 6 nitrogen and oxygen atoms in total. The number of ether oxygens (including phenoxy) is 3. The summed E-state index contributed by atoms with van der Waals surface area (Å²) in [6.07, 6.45) is 12.5. The molecule has 6 heteroatoms. The summed E-state index contributed by atoms with van der Waals surface area (Å²) in [6.45, 7) is 4.82. The molecule has 2 aromatic rings. The zero-order valence-corrected chi connectivity index (χ0v) is 22.3. The minimum absolute atomic E-state index is 0.0910. The normalized spacial score (nSPS) is 25.9. The third-order valence-corrected chi connectivity index (χ3v) is 8.29. The molecule has 3 unspecified atom stereocenters. The molecule has 3 aliphatic heterocycles. The number of fused-ring (bicyclic) bond motifs is 3. The summed E-state index contributed by atoms with van der Waals surface area (Å²) in [5, 5.41) is 12.6. The highest BCUT2D eigenvalue weighted by molar-refractivity contribution is 5.88. The fourth-order valence-electron chi connectivity index (χ4n) is 6.48. The Bertz CT molecular complexity index is 1410. The molecule has 3 atom stereocenters. The van der Waals surface area contributed by atoms with Gasteiger partial charge in [0.05, 0.1) is 32.4 Å². The van der Waals surface area contributed by atoms with Gasteiger partial charge in [0.2, 0.25) is 0 Å². The van der Waals surface area contributed by atoms with Crippen molar-refractivity contribution in [1.29, 1.82) is 0 Å². The highest BCUT2D eigenvalue weighted by Crippen LogP contribution is 2.47. The predicted octanol–water partition coefficient (Wildman–Crippen LogP) is 6.03. The van der Waals surface area contributed by atoms with Crippen molar-refractivity contribution in [2.75, 3.05) is 33.0 Å². The van der Waals surface area contributed by atoms with Gasteiger partial charge in [-0.15, -0.1) is 0 Å². The second kappa shape index (κ2) is 11.1. The van der Waals surface area contributed by atoms with Crippen LogP contribution in [0.25, 0.3) is 10.8 Å². The van der Waals surface area contributed by atoms with Gasteiger partial charge < -0.3 is 24.2 Å². The molecule has 0 aromatic heterocycles. The van der Waals surface area contributed by atoms with Gasteiger partial charge in [0.1, 0.15) is 18.1 Å². The van der Waals surface area contributed by atoms with Crippen LogP contribution in [0.15, 0.2) is 101 Å². The average Bonchev–Trinajstić information content (AvgIpc) is 3.09. The molecule has 3 bridgehead atoms. The number of carbonyl (C=O) groups is 1. The van der Waals surface area contributed by atoms with E-state index in [1.54, 1.807) is 0 Å². The number of benzene rings is 2. The highest BCUT2D eigenvalue weighted by Gasteiger charge is 2.45. The minimum Gasteiger partial charge on any atom is -0.494 e. The van der Waals surface area contributed by atoms with Gasteiger partial charge in [-0.2, -0.15) is 0 Å².